The number of rotatable bonds is 3. The molecule has 0 unspecified atom stereocenters. The van der Waals surface area contributed by atoms with Crippen molar-refractivity contribution in [3.05, 3.63) is 54.1 Å². The fourth-order valence-electron chi connectivity index (χ4n) is 1.46. The average Bonchev–Trinajstić information content (AvgIpc) is 2.33. The summed E-state index contributed by atoms with van der Waals surface area (Å²) in [5.41, 5.74) is 7.30. The Morgan fingerprint density at radius 1 is 1.12 bits per heavy atom. The van der Waals surface area contributed by atoms with Crippen LogP contribution in [0.4, 0.5) is 5.69 Å². The predicted octanol–water partition coefficient (Wildman–Crippen LogP) is 3.62. The third kappa shape index (κ3) is 2.88. The van der Waals surface area contributed by atoms with E-state index in [1.165, 1.54) is 0 Å². The largest absolute Gasteiger partial charge is 0.398 e. The number of Topliss-reactive ketones (excluding diaryl/α,β-unsaturated/α-hetero) is 1. The highest BCUT2D eigenvalue weighted by Crippen LogP contribution is 2.32. The lowest BCUT2D eigenvalue weighted by Gasteiger charge is -2.06. The van der Waals surface area contributed by atoms with Gasteiger partial charge in [-0.05, 0) is 37.3 Å². The van der Waals surface area contributed by atoms with E-state index in [0.717, 1.165) is 9.79 Å². The van der Waals surface area contributed by atoms with Crippen molar-refractivity contribution >= 4 is 23.2 Å². The maximum Gasteiger partial charge on any atom is 0.159 e. The van der Waals surface area contributed by atoms with Gasteiger partial charge in [-0.3, -0.25) is 4.79 Å². The highest BCUT2D eigenvalue weighted by Gasteiger charge is 2.05. The molecule has 0 aliphatic rings. The molecule has 0 aliphatic carbocycles. The van der Waals surface area contributed by atoms with Gasteiger partial charge in [0.15, 0.2) is 5.78 Å². The summed E-state index contributed by atoms with van der Waals surface area (Å²) in [6, 6.07) is 15.3. The fraction of sp³-hybridized carbons (Fsp3) is 0.0714. The van der Waals surface area contributed by atoms with Crippen LogP contribution in [0.2, 0.25) is 0 Å². The van der Waals surface area contributed by atoms with Gasteiger partial charge in [0.2, 0.25) is 0 Å². The summed E-state index contributed by atoms with van der Waals surface area (Å²) >= 11 is 1.57. The molecule has 0 spiro atoms. The van der Waals surface area contributed by atoms with Crippen LogP contribution in [-0.2, 0) is 0 Å². The van der Waals surface area contributed by atoms with E-state index in [1.54, 1.807) is 30.8 Å². The lowest BCUT2D eigenvalue weighted by Crippen LogP contribution is -1.95. The number of nitrogens with two attached hydrogens (primary N) is 1. The van der Waals surface area contributed by atoms with Crippen molar-refractivity contribution in [1.82, 2.24) is 0 Å². The Bertz CT molecular complexity index is 537. The SMILES string of the molecule is CC(=O)c1ccc(N)c(Sc2ccccc2)c1. The van der Waals surface area contributed by atoms with Crippen molar-refractivity contribution in [3.63, 3.8) is 0 Å². The van der Waals surface area contributed by atoms with Gasteiger partial charge >= 0.3 is 0 Å². The summed E-state index contributed by atoms with van der Waals surface area (Å²) in [7, 11) is 0. The molecule has 0 radical (unpaired) electrons. The Morgan fingerprint density at radius 3 is 2.47 bits per heavy atom. The van der Waals surface area contributed by atoms with Gasteiger partial charge in [-0.15, -0.1) is 0 Å². The molecule has 0 fully saturated rings. The number of hydrogen-bond donors (Lipinski definition) is 1. The van der Waals surface area contributed by atoms with Crippen LogP contribution < -0.4 is 5.73 Å². The molecule has 0 atom stereocenters. The number of ketones is 1. The summed E-state index contributed by atoms with van der Waals surface area (Å²) in [5, 5.41) is 0. The first-order chi connectivity index (χ1) is 8.16. The van der Waals surface area contributed by atoms with E-state index in [9.17, 15) is 4.79 Å². The van der Waals surface area contributed by atoms with Gasteiger partial charge in [-0.25, -0.2) is 0 Å². The second kappa shape index (κ2) is 5.06. The lowest BCUT2D eigenvalue weighted by molar-refractivity contribution is 0.101. The molecule has 0 amide bonds. The van der Waals surface area contributed by atoms with Gasteiger partial charge in [0.1, 0.15) is 0 Å². The summed E-state index contributed by atoms with van der Waals surface area (Å²) in [4.78, 5) is 13.3. The molecule has 2 N–H and O–H groups in total. The van der Waals surface area contributed by atoms with Gasteiger partial charge in [-0.2, -0.15) is 0 Å². The molecule has 2 nitrogen and oxygen atoms in total. The number of benzene rings is 2. The molecule has 2 aromatic carbocycles. The minimum atomic E-state index is 0.0555. The molecule has 3 heteroatoms. The number of hydrogen-bond acceptors (Lipinski definition) is 3. The van der Waals surface area contributed by atoms with Crippen LogP contribution in [0.1, 0.15) is 17.3 Å². The van der Waals surface area contributed by atoms with Crippen LogP contribution in [0.25, 0.3) is 0 Å². The second-order valence-electron chi connectivity index (χ2n) is 3.72. The molecule has 2 aromatic rings. The van der Waals surface area contributed by atoms with E-state index >= 15 is 0 Å². The first kappa shape index (κ1) is 11.7. The third-order valence-corrected chi connectivity index (χ3v) is 3.47. The normalized spacial score (nSPS) is 10.2. The summed E-state index contributed by atoms with van der Waals surface area (Å²) in [5.74, 6) is 0.0555. The standard InChI is InChI=1S/C14H13NOS/c1-10(16)11-7-8-13(15)14(9-11)17-12-5-3-2-4-6-12/h2-9H,15H2,1H3. The van der Waals surface area contributed by atoms with E-state index in [4.69, 9.17) is 5.73 Å². The molecule has 0 saturated carbocycles. The molecular weight excluding hydrogens is 230 g/mol. The Balaban J connectivity index is 2.32. The highest BCUT2D eigenvalue weighted by molar-refractivity contribution is 7.99. The molecule has 0 heterocycles. The van der Waals surface area contributed by atoms with Crippen molar-refractivity contribution in [3.8, 4) is 0 Å². The Morgan fingerprint density at radius 2 is 1.82 bits per heavy atom. The zero-order valence-corrected chi connectivity index (χ0v) is 10.3. The zero-order chi connectivity index (χ0) is 12.3. The van der Waals surface area contributed by atoms with Gasteiger partial charge in [0.25, 0.3) is 0 Å². The number of nitrogen functional groups attached to an aromatic ring is 1. The van der Waals surface area contributed by atoms with E-state index in [1.807, 2.05) is 36.4 Å². The van der Waals surface area contributed by atoms with E-state index < -0.39 is 0 Å². The van der Waals surface area contributed by atoms with Crippen molar-refractivity contribution in [2.24, 2.45) is 0 Å². The second-order valence-corrected chi connectivity index (χ2v) is 4.84. The molecule has 0 aromatic heterocycles. The first-order valence-corrected chi connectivity index (χ1v) is 6.12. The van der Waals surface area contributed by atoms with Gasteiger partial charge < -0.3 is 5.73 Å². The Kier molecular flexibility index (Phi) is 3.49. The Labute approximate surface area is 105 Å². The van der Waals surface area contributed by atoms with Gasteiger partial charge in [0, 0.05) is 21.0 Å². The van der Waals surface area contributed by atoms with Crippen LogP contribution in [0.5, 0.6) is 0 Å². The van der Waals surface area contributed by atoms with Gasteiger partial charge in [-0.1, -0.05) is 30.0 Å². The zero-order valence-electron chi connectivity index (χ0n) is 9.51. The molecule has 0 saturated heterocycles. The van der Waals surface area contributed by atoms with Gasteiger partial charge in [0.05, 0.1) is 0 Å². The fourth-order valence-corrected chi connectivity index (χ4v) is 2.38. The Hall–Kier alpha value is -1.74. The topological polar surface area (TPSA) is 43.1 Å². The summed E-state index contributed by atoms with van der Waals surface area (Å²) < 4.78 is 0. The maximum atomic E-state index is 11.3. The van der Waals surface area contributed by atoms with E-state index in [-0.39, 0.29) is 5.78 Å². The minimum Gasteiger partial charge on any atom is -0.398 e. The lowest BCUT2D eigenvalue weighted by atomic mass is 10.1. The molecular formula is C14H13NOS. The number of carbonyl (C=O) groups excluding carboxylic acids is 1. The molecule has 86 valence electrons. The molecule has 0 aliphatic heterocycles. The van der Waals surface area contributed by atoms with Crippen LogP contribution in [0.15, 0.2) is 58.3 Å². The van der Waals surface area contributed by atoms with Crippen molar-refractivity contribution in [2.45, 2.75) is 16.7 Å². The van der Waals surface area contributed by atoms with Crippen LogP contribution in [0.3, 0.4) is 0 Å². The molecule has 2 rings (SSSR count). The third-order valence-electron chi connectivity index (χ3n) is 2.39. The van der Waals surface area contributed by atoms with Crippen LogP contribution in [-0.4, -0.2) is 5.78 Å². The van der Waals surface area contributed by atoms with Crippen molar-refractivity contribution < 1.29 is 4.79 Å². The number of carbonyl (C=O) groups is 1. The van der Waals surface area contributed by atoms with Crippen LogP contribution >= 0.6 is 11.8 Å². The van der Waals surface area contributed by atoms with Crippen molar-refractivity contribution in [2.75, 3.05) is 5.73 Å². The molecule has 17 heavy (non-hydrogen) atoms. The minimum absolute atomic E-state index is 0.0555. The van der Waals surface area contributed by atoms with Crippen molar-refractivity contribution in [1.29, 1.82) is 0 Å². The predicted molar refractivity (Wildman–Crippen MR) is 71.4 cm³/mol. The van der Waals surface area contributed by atoms with Crippen LogP contribution in [0, 0.1) is 0 Å². The average molecular weight is 243 g/mol. The van der Waals surface area contributed by atoms with E-state index in [2.05, 4.69) is 0 Å². The molecule has 0 bridgehead atoms. The summed E-state index contributed by atoms with van der Waals surface area (Å²) in [6.45, 7) is 1.56. The quantitative estimate of drug-likeness (QED) is 0.661. The highest BCUT2D eigenvalue weighted by atomic mass is 32.2. The smallest absolute Gasteiger partial charge is 0.159 e. The summed E-state index contributed by atoms with van der Waals surface area (Å²) in [6.07, 6.45) is 0. The maximum absolute atomic E-state index is 11.3. The first-order valence-electron chi connectivity index (χ1n) is 5.30. The van der Waals surface area contributed by atoms with E-state index in [0.29, 0.717) is 11.3 Å². The number of anilines is 1. The monoisotopic (exact) mass is 243 g/mol.